The summed E-state index contributed by atoms with van der Waals surface area (Å²) in [6.07, 6.45) is -0.317. The van der Waals surface area contributed by atoms with E-state index in [0.29, 0.717) is 19.4 Å². The summed E-state index contributed by atoms with van der Waals surface area (Å²) < 4.78 is 11.2. The monoisotopic (exact) mass is 314 g/mol. The van der Waals surface area contributed by atoms with Crippen molar-refractivity contribution in [3.63, 3.8) is 0 Å². The summed E-state index contributed by atoms with van der Waals surface area (Å²) >= 11 is 0. The number of rotatable bonds is 5. The van der Waals surface area contributed by atoms with Gasteiger partial charge >= 0.3 is 0 Å². The van der Waals surface area contributed by atoms with Crippen molar-refractivity contribution in [2.24, 2.45) is 22.7 Å². The molecule has 2 fully saturated rings. The van der Waals surface area contributed by atoms with E-state index in [1.54, 1.807) is 13.2 Å². The highest BCUT2D eigenvalue weighted by Gasteiger charge is 2.67. The van der Waals surface area contributed by atoms with Gasteiger partial charge in [-0.15, -0.1) is 6.58 Å². The van der Waals surface area contributed by atoms with E-state index in [1.165, 1.54) is 0 Å². The highest BCUT2D eigenvalue weighted by molar-refractivity contribution is 5.19. The molecule has 128 valence electrons. The van der Waals surface area contributed by atoms with E-state index in [-0.39, 0.29) is 11.8 Å². The Bertz CT molecular complexity index is 414. The van der Waals surface area contributed by atoms with E-state index in [0.717, 1.165) is 0 Å². The minimum atomic E-state index is -0.850. The van der Waals surface area contributed by atoms with Crippen LogP contribution in [0.4, 0.5) is 0 Å². The number of fused-ring (bicyclic) bond motifs is 1. The molecule has 5 nitrogen and oxygen atoms in total. The van der Waals surface area contributed by atoms with Crippen LogP contribution in [0, 0.1) is 22.7 Å². The van der Waals surface area contributed by atoms with E-state index < -0.39 is 35.4 Å². The Morgan fingerprint density at radius 3 is 2.50 bits per heavy atom. The van der Waals surface area contributed by atoms with E-state index >= 15 is 0 Å². The van der Waals surface area contributed by atoms with Gasteiger partial charge in [0.25, 0.3) is 0 Å². The molecule has 3 N–H and O–H groups in total. The van der Waals surface area contributed by atoms with E-state index in [1.807, 2.05) is 20.8 Å². The Hall–Kier alpha value is -0.460. The molecule has 2 rings (SSSR count). The van der Waals surface area contributed by atoms with Crippen LogP contribution in [-0.2, 0) is 9.47 Å². The summed E-state index contributed by atoms with van der Waals surface area (Å²) in [7, 11) is 1.55. The second-order valence-electron chi connectivity index (χ2n) is 7.11. The van der Waals surface area contributed by atoms with Gasteiger partial charge in [0.15, 0.2) is 6.29 Å². The Labute approximate surface area is 132 Å². The fourth-order valence-electron chi connectivity index (χ4n) is 4.75. The maximum atomic E-state index is 11.2. The molecule has 8 atom stereocenters. The highest BCUT2D eigenvalue weighted by Crippen LogP contribution is 2.63. The lowest BCUT2D eigenvalue weighted by atomic mass is 9.60. The fraction of sp³-hybridized carbons (Fsp3) is 0.882. The molecule has 2 saturated carbocycles. The quantitative estimate of drug-likeness (QED) is 0.527. The van der Waals surface area contributed by atoms with Crippen LogP contribution in [0.5, 0.6) is 0 Å². The first-order valence-electron chi connectivity index (χ1n) is 8.11. The summed E-state index contributed by atoms with van der Waals surface area (Å²) in [6.45, 7) is 10.3. The van der Waals surface area contributed by atoms with Crippen molar-refractivity contribution >= 4 is 0 Å². The van der Waals surface area contributed by atoms with Crippen LogP contribution in [0.2, 0.25) is 0 Å². The van der Waals surface area contributed by atoms with Crippen LogP contribution in [0.3, 0.4) is 0 Å². The zero-order chi connectivity index (χ0) is 16.7. The smallest absolute Gasteiger partial charge is 0.168 e. The molecular formula is C17H30O5. The van der Waals surface area contributed by atoms with E-state index in [4.69, 9.17) is 9.47 Å². The summed E-state index contributed by atoms with van der Waals surface area (Å²) in [4.78, 5) is 0. The molecule has 5 heteroatoms. The second kappa shape index (κ2) is 6.21. The summed E-state index contributed by atoms with van der Waals surface area (Å²) in [5.74, 6) is -0.149. The van der Waals surface area contributed by atoms with Crippen molar-refractivity contribution in [3.8, 4) is 0 Å². The Morgan fingerprint density at radius 1 is 1.36 bits per heavy atom. The Morgan fingerprint density at radius 2 is 2.00 bits per heavy atom. The molecule has 0 aromatic rings. The van der Waals surface area contributed by atoms with Gasteiger partial charge in [-0.2, -0.15) is 0 Å². The molecule has 0 aliphatic heterocycles. The lowest BCUT2D eigenvalue weighted by Gasteiger charge is -2.49. The number of aliphatic hydroxyl groups is 3. The minimum absolute atomic E-state index is 0.0758. The van der Waals surface area contributed by atoms with Gasteiger partial charge in [0, 0.05) is 19.1 Å². The second-order valence-corrected chi connectivity index (χ2v) is 7.11. The van der Waals surface area contributed by atoms with Crippen molar-refractivity contribution in [1.82, 2.24) is 0 Å². The van der Waals surface area contributed by atoms with Crippen LogP contribution >= 0.6 is 0 Å². The van der Waals surface area contributed by atoms with Crippen molar-refractivity contribution in [3.05, 3.63) is 12.7 Å². The lowest BCUT2D eigenvalue weighted by molar-refractivity contribution is -0.208. The van der Waals surface area contributed by atoms with E-state index in [9.17, 15) is 15.3 Å². The van der Waals surface area contributed by atoms with Crippen LogP contribution < -0.4 is 0 Å². The fourth-order valence-corrected chi connectivity index (χ4v) is 4.75. The minimum Gasteiger partial charge on any atom is -0.391 e. The van der Waals surface area contributed by atoms with Crippen LogP contribution in [0.25, 0.3) is 0 Å². The maximum Gasteiger partial charge on any atom is 0.168 e. The number of aliphatic hydroxyl groups excluding tert-OH is 3. The molecule has 2 aliphatic carbocycles. The molecule has 2 aliphatic rings. The third-order valence-corrected chi connectivity index (χ3v) is 6.29. The van der Waals surface area contributed by atoms with Gasteiger partial charge in [-0.05, 0) is 31.6 Å². The average molecular weight is 314 g/mol. The molecule has 0 heterocycles. The predicted octanol–water partition coefficient (Wildman–Crippen LogP) is 1.32. The first kappa shape index (κ1) is 17.9. The molecule has 0 aromatic heterocycles. The van der Waals surface area contributed by atoms with Gasteiger partial charge in [-0.3, -0.25) is 0 Å². The average Bonchev–Trinajstić information content (AvgIpc) is 2.74. The van der Waals surface area contributed by atoms with Gasteiger partial charge in [-0.1, -0.05) is 19.9 Å². The third-order valence-electron chi connectivity index (χ3n) is 6.29. The molecule has 0 radical (unpaired) electrons. The zero-order valence-electron chi connectivity index (χ0n) is 14.0. The standard InChI is InChI=1S/C17H30O5/c1-6-17(15(21-5)22-7-2)9-11-13(19)12(18)8-10(3)16(11,4)14(17)20/h6,10-15,18-20H,1,7-9H2,2-5H3/t10-,11-,12+,13-,14-,15-,16+,17+/m1/s1. The largest absolute Gasteiger partial charge is 0.391 e. The molecule has 0 bridgehead atoms. The van der Waals surface area contributed by atoms with Gasteiger partial charge < -0.3 is 24.8 Å². The third kappa shape index (κ3) is 2.26. The van der Waals surface area contributed by atoms with Crippen molar-refractivity contribution in [1.29, 1.82) is 0 Å². The first-order valence-corrected chi connectivity index (χ1v) is 8.11. The normalized spacial score (nSPS) is 49.7. The SMILES string of the molecule is C=C[C@]1([C@H](OC)OCC)C[C@@H]2[C@@H](O)[C@@H](O)C[C@@H](C)[C@]2(C)[C@H]1O. The van der Waals surface area contributed by atoms with Crippen LogP contribution in [0.15, 0.2) is 12.7 Å². The van der Waals surface area contributed by atoms with Crippen LogP contribution in [-0.4, -0.2) is 53.6 Å². The zero-order valence-corrected chi connectivity index (χ0v) is 14.0. The highest BCUT2D eigenvalue weighted by atomic mass is 16.7. The topological polar surface area (TPSA) is 79.2 Å². The summed E-state index contributed by atoms with van der Waals surface area (Å²) in [6, 6.07) is 0. The summed E-state index contributed by atoms with van der Waals surface area (Å²) in [5.41, 5.74) is -1.30. The molecule has 0 aromatic carbocycles. The van der Waals surface area contributed by atoms with Gasteiger partial charge in [-0.25, -0.2) is 0 Å². The van der Waals surface area contributed by atoms with E-state index in [2.05, 4.69) is 6.58 Å². The number of methoxy groups -OCH3 is 1. The van der Waals surface area contributed by atoms with Gasteiger partial charge in [0.2, 0.25) is 0 Å². The number of hydrogen-bond donors (Lipinski definition) is 3. The predicted molar refractivity (Wildman–Crippen MR) is 83.1 cm³/mol. The molecule has 0 unspecified atom stereocenters. The maximum absolute atomic E-state index is 11.2. The molecule has 0 spiro atoms. The molecular weight excluding hydrogens is 284 g/mol. The molecule has 0 saturated heterocycles. The van der Waals surface area contributed by atoms with Gasteiger partial charge in [0.05, 0.1) is 23.7 Å². The summed E-state index contributed by atoms with van der Waals surface area (Å²) in [5, 5.41) is 31.8. The lowest BCUT2D eigenvalue weighted by Crippen LogP contribution is -2.54. The van der Waals surface area contributed by atoms with Crippen molar-refractivity contribution < 1.29 is 24.8 Å². The Balaban J connectivity index is 2.46. The molecule has 22 heavy (non-hydrogen) atoms. The van der Waals surface area contributed by atoms with Crippen molar-refractivity contribution in [2.75, 3.05) is 13.7 Å². The molecule has 0 amide bonds. The number of hydrogen-bond acceptors (Lipinski definition) is 5. The van der Waals surface area contributed by atoms with Gasteiger partial charge in [0.1, 0.15) is 0 Å². The number of ether oxygens (including phenoxy) is 2. The van der Waals surface area contributed by atoms with Crippen molar-refractivity contribution in [2.45, 2.75) is 58.2 Å². The first-order chi connectivity index (χ1) is 10.3. The van der Waals surface area contributed by atoms with Crippen LogP contribution in [0.1, 0.15) is 33.6 Å². The Kier molecular flexibility index (Phi) is 5.05.